The lowest BCUT2D eigenvalue weighted by molar-refractivity contribution is -0.124. The van der Waals surface area contributed by atoms with Crippen LogP contribution in [0.25, 0.3) is 0 Å². The van der Waals surface area contributed by atoms with Crippen molar-refractivity contribution in [3.8, 4) is 0 Å². The van der Waals surface area contributed by atoms with Gasteiger partial charge in [0.05, 0.1) is 6.04 Å². The molecule has 0 spiro atoms. The van der Waals surface area contributed by atoms with Gasteiger partial charge in [-0.3, -0.25) is 4.79 Å². The molecule has 0 bridgehead atoms. The third kappa shape index (κ3) is 4.62. The molecular weight excluding hydrogens is 320 g/mol. The number of amides is 1. The molecule has 1 aromatic carbocycles. The van der Waals surface area contributed by atoms with Crippen molar-refractivity contribution in [3.05, 3.63) is 28.8 Å². The van der Waals surface area contributed by atoms with Gasteiger partial charge in [-0.2, -0.15) is 0 Å². The summed E-state index contributed by atoms with van der Waals surface area (Å²) in [7, 11) is 1.70. The Bertz CT molecular complexity index is 521. The second-order valence-electron chi connectivity index (χ2n) is 5.77. The van der Waals surface area contributed by atoms with E-state index in [0.717, 1.165) is 29.9 Å². The number of rotatable bonds is 7. The average molecular weight is 343 g/mol. The maximum absolute atomic E-state index is 12.2. The summed E-state index contributed by atoms with van der Waals surface area (Å²) in [5, 5.41) is 3.66. The topological polar surface area (TPSA) is 64.3 Å². The number of halogens is 1. The number of ether oxygens (including phenoxy) is 1. The SMILES string of the molecule is COCC1CC(NC(=O)C(N)Cc2cc(SC)ccc2Cl)C1. The summed E-state index contributed by atoms with van der Waals surface area (Å²) < 4.78 is 5.11. The molecule has 1 aliphatic rings. The fraction of sp³-hybridized carbons (Fsp3) is 0.562. The molecule has 22 heavy (non-hydrogen) atoms. The van der Waals surface area contributed by atoms with E-state index in [2.05, 4.69) is 5.32 Å². The zero-order valence-electron chi connectivity index (χ0n) is 13.0. The Hall–Kier alpha value is -0.750. The van der Waals surface area contributed by atoms with E-state index >= 15 is 0 Å². The van der Waals surface area contributed by atoms with Gasteiger partial charge in [0.25, 0.3) is 0 Å². The van der Waals surface area contributed by atoms with Gasteiger partial charge in [0.2, 0.25) is 5.91 Å². The van der Waals surface area contributed by atoms with Crippen molar-refractivity contribution >= 4 is 29.3 Å². The number of carbonyl (C=O) groups excluding carboxylic acids is 1. The molecule has 0 saturated heterocycles. The second kappa shape index (κ2) is 8.20. The highest BCUT2D eigenvalue weighted by molar-refractivity contribution is 7.98. The monoisotopic (exact) mass is 342 g/mol. The number of nitrogens with two attached hydrogens (primary N) is 1. The number of carbonyl (C=O) groups is 1. The van der Waals surface area contributed by atoms with Crippen LogP contribution >= 0.6 is 23.4 Å². The van der Waals surface area contributed by atoms with Crippen molar-refractivity contribution in [2.45, 2.75) is 36.2 Å². The number of methoxy groups -OCH3 is 1. The van der Waals surface area contributed by atoms with Crippen molar-refractivity contribution in [3.63, 3.8) is 0 Å². The zero-order chi connectivity index (χ0) is 16.1. The van der Waals surface area contributed by atoms with Gasteiger partial charge in [-0.05, 0) is 55.2 Å². The highest BCUT2D eigenvalue weighted by Gasteiger charge is 2.31. The molecule has 2 rings (SSSR count). The highest BCUT2D eigenvalue weighted by atomic mass is 35.5. The smallest absolute Gasteiger partial charge is 0.237 e. The molecule has 1 aliphatic carbocycles. The number of hydrogen-bond acceptors (Lipinski definition) is 4. The molecule has 1 unspecified atom stereocenters. The van der Waals surface area contributed by atoms with Crippen LogP contribution in [-0.4, -0.2) is 38.0 Å². The molecule has 4 nitrogen and oxygen atoms in total. The van der Waals surface area contributed by atoms with Crippen molar-refractivity contribution in [2.75, 3.05) is 20.0 Å². The van der Waals surface area contributed by atoms with Gasteiger partial charge < -0.3 is 15.8 Å². The predicted molar refractivity (Wildman–Crippen MR) is 91.4 cm³/mol. The third-order valence-corrected chi connectivity index (χ3v) is 5.11. The molecule has 0 aliphatic heterocycles. The number of thioether (sulfide) groups is 1. The van der Waals surface area contributed by atoms with Crippen molar-refractivity contribution in [1.82, 2.24) is 5.32 Å². The van der Waals surface area contributed by atoms with Crippen LogP contribution in [-0.2, 0) is 16.0 Å². The molecule has 122 valence electrons. The quantitative estimate of drug-likeness (QED) is 0.747. The first-order chi connectivity index (χ1) is 10.5. The van der Waals surface area contributed by atoms with Crippen molar-refractivity contribution in [1.29, 1.82) is 0 Å². The van der Waals surface area contributed by atoms with E-state index in [1.54, 1.807) is 18.9 Å². The van der Waals surface area contributed by atoms with Crippen LogP contribution in [0.5, 0.6) is 0 Å². The van der Waals surface area contributed by atoms with Gasteiger partial charge in [0, 0.05) is 29.7 Å². The van der Waals surface area contributed by atoms with Gasteiger partial charge in [0.15, 0.2) is 0 Å². The summed E-state index contributed by atoms with van der Waals surface area (Å²) in [5.74, 6) is 0.450. The van der Waals surface area contributed by atoms with Crippen LogP contribution in [0.1, 0.15) is 18.4 Å². The summed E-state index contributed by atoms with van der Waals surface area (Å²) in [6.45, 7) is 0.759. The molecule has 0 aromatic heterocycles. The lowest BCUT2D eigenvalue weighted by Gasteiger charge is -2.35. The summed E-state index contributed by atoms with van der Waals surface area (Å²) in [6.07, 6.45) is 4.39. The average Bonchev–Trinajstić information content (AvgIpc) is 2.47. The van der Waals surface area contributed by atoms with Crippen molar-refractivity contribution in [2.24, 2.45) is 11.7 Å². The van der Waals surface area contributed by atoms with Crippen LogP contribution in [0.3, 0.4) is 0 Å². The van der Waals surface area contributed by atoms with Crippen LogP contribution in [0.15, 0.2) is 23.1 Å². The first-order valence-corrected chi connectivity index (χ1v) is 9.01. The molecule has 1 atom stereocenters. The molecule has 1 aromatic rings. The van der Waals surface area contributed by atoms with E-state index in [4.69, 9.17) is 22.1 Å². The Kier molecular flexibility index (Phi) is 6.56. The van der Waals surface area contributed by atoms with Gasteiger partial charge in [-0.25, -0.2) is 0 Å². The lowest BCUT2D eigenvalue weighted by atomic mass is 9.80. The maximum atomic E-state index is 12.2. The first-order valence-electron chi connectivity index (χ1n) is 7.40. The molecule has 1 saturated carbocycles. The molecule has 3 N–H and O–H groups in total. The van der Waals surface area contributed by atoms with E-state index in [1.165, 1.54) is 0 Å². The summed E-state index contributed by atoms with van der Waals surface area (Å²) in [5.41, 5.74) is 6.95. The van der Waals surface area contributed by atoms with E-state index < -0.39 is 6.04 Å². The minimum absolute atomic E-state index is 0.105. The Morgan fingerprint density at radius 2 is 2.27 bits per heavy atom. The third-order valence-electron chi connectivity index (χ3n) is 4.01. The number of benzene rings is 1. The molecule has 1 amide bonds. The summed E-state index contributed by atoms with van der Waals surface area (Å²) >= 11 is 7.83. The van der Waals surface area contributed by atoms with Gasteiger partial charge in [-0.1, -0.05) is 11.6 Å². The standard InChI is InChI=1S/C16H23ClN2O2S/c1-21-9-10-5-12(6-10)19-16(20)15(18)8-11-7-13(22-2)3-4-14(11)17/h3-4,7,10,12,15H,5-6,8-9,18H2,1-2H3,(H,19,20). The predicted octanol–water partition coefficient (Wildman–Crippen LogP) is 2.47. The molecule has 6 heteroatoms. The van der Waals surface area contributed by atoms with E-state index in [9.17, 15) is 4.79 Å². The van der Waals surface area contributed by atoms with Crippen LogP contribution in [0.4, 0.5) is 0 Å². The molecule has 0 radical (unpaired) electrons. The normalized spacial score (nSPS) is 22.0. The van der Waals surface area contributed by atoms with Crippen LogP contribution in [0, 0.1) is 5.92 Å². The number of nitrogens with one attached hydrogen (secondary N) is 1. The zero-order valence-corrected chi connectivity index (χ0v) is 14.5. The van der Waals surface area contributed by atoms with Crippen molar-refractivity contribution < 1.29 is 9.53 Å². The lowest BCUT2D eigenvalue weighted by Crippen LogP contribution is -2.51. The first kappa shape index (κ1) is 17.6. The van der Waals surface area contributed by atoms with E-state index in [1.807, 2.05) is 24.5 Å². The minimum Gasteiger partial charge on any atom is -0.384 e. The van der Waals surface area contributed by atoms with E-state index in [-0.39, 0.29) is 11.9 Å². The van der Waals surface area contributed by atoms with Crippen LogP contribution in [0.2, 0.25) is 5.02 Å². The fourth-order valence-corrected chi connectivity index (χ4v) is 3.36. The Morgan fingerprint density at radius 1 is 1.55 bits per heavy atom. The highest BCUT2D eigenvalue weighted by Crippen LogP contribution is 2.28. The maximum Gasteiger partial charge on any atom is 0.237 e. The molecule has 1 fully saturated rings. The summed E-state index contributed by atoms with van der Waals surface area (Å²) in [6, 6.07) is 5.47. The molecule has 0 heterocycles. The fourth-order valence-electron chi connectivity index (χ4n) is 2.70. The molecular formula is C16H23ClN2O2S. The Labute approximate surface area is 141 Å². The van der Waals surface area contributed by atoms with Crippen LogP contribution < -0.4 is 11.1 Å². The van der Waals surface area contributed by atoms with E-state index in [0.29, 0.717) is 17.4 Å². The minimum atomic E-state index is -0.573. The summed E-state index contributed by atoms with van der Waals surface area (Å²) in [4.78, 5) is 13.3. The van der Waals surface area contributed by atoms with Gasteiger partial charge >= 0.3 is 0 Å². The van der Waals surface area contributed by atoms with Gasteiger partial charge in [-0.15, -0.1) is 11.8 Å². The second-order valence-corrected chi connectivity index (χ2v) is 7.05. The van der Waals surface area contributed by atoms with Gasteiger partial charge in [0.1, 0.15) is 0 Å². The Morgan fingerprint density at radius 3 is 2.91 bits per heavy atom. The largest absolute Gasteiger partial charge is 0.384 e. The number of hydrogen-bond donors (Lipinski definition) is 2. The Balaban J connectivity index is 1.84.